The second-order valence-corrected chi connectivity index (χ2v) is 3.46. The first-order chi connectivity index (χ1) is 6.68. The van der Waals surface area contributed by atoms with Crippen LogP contribution in [0.2, 0.25) is 5.02 Å². The van der Waals surface area contributed by atoms with E-state index in [1.807, 2.05) is 13.8 Å². The third kappa shape index (κ3) is 1.53. The van der Waals surface area contributed by atoms with Gasteiger partial charge >= 0.3 is 0 Å². The minimum absolute atomic E-state index is 0.618. The van der Waals surface area contributed by atoms with Crippen LogP contribution in [0.25, 0.3) is 11.3 Å². The molecule has 0 bridgehead atoms. The highest BCUT2D eigenvalue weighted by Gasteiger charge is 2.11. The number of rotatable bonds is 1. The number of halogens is 1. The maximum Gasteiger partial charge on any atom is 0.111 e. The van der Waals surface area contributed by atoms with Crippen LogP contribution in [-0.2, 0) is 0 Å². The van der Waals surface area contributed by atoms with Gasteiger partial charge in [-0.3, -0.25) is 4.98 Å². The van der Waals surface area contributed by atoms with E-state index in [1.54, 1.807) is 18.3 Å². The third-order valence-corrected chi connectivity index (χ3v) is 2.26. The summed E-state index contributed by atoms with van der Waals surface area (Å²) in [4.78, 5) is 4.20. The quantitative estimate of drug-likeness (QED) is 0.715. The maximum atomic E-state index is 6.02. The van der Waals surface area contributed by atoms with Gasteiger partial charge in [0.05, 0.1) is 16.3 Å². The zero-order valence-corrected chi connectivity index (χ0v) is 8.72. The fourth-order valence-electron chi connectivity index (χ4n) is 1.37. The Labute approximate surface area is 87.5 Å². The van der Waals surface area contributed by atoms with Crippen LogP contribution in [0.5, 0.6) is 0 Å². The Hall–Kier alpha value is -1.28. The molecule has 0 aliphatic carbocycles. The molecule has 71 valence electrons. The molecule has 0 N–H and O–H groups in total. The van der Waals surface area contributed by atoms with Gasteiger partial charge in [-0.05, 0) is 26.0 Å². The van der Waals surface area contributed by atoms with Crippen molar-refractivity contribution in [3.63, 3.8) is 0 Å². The number of furan rings is 1. The van der Waals surface area contributed by atoms with Gasteiger partial charge in [-0.1, -0.05) is 11.6 Å². The number of hydrogen-bond donors (Lipinski definition) is 0. The Morgan fingerprint density at radius 2 is 2.21 bits per heavy atom. The van der Waals surface area contributed by atoms with Gasteiger partial charge in [-0.25, -0.2) is 0 Å². The molecule has 0 amide bonds. The number of aromatic nitrogens is 1. The van der Waals surface area contributed by atoms with Gasteiger partial charge in [0.25, 0.3) is 0 Å². The second-order valence-electron chi connectivity index (χ2n) is 3.05. The van der Waals surface area contributed by atoms with Gasteiger partial charge in [0, 0.05) is 12.3 Å². The van der Waals surface area contributed by atoms with E-state index in [1.165, 1.54) is 0 Å². The van der Waals surface area contributed by atoms with Crippen LogP contribution in [-0.4, -0.2) is 4.98 Å². The molecule has 1 radical (unpaired) electrons. The van der Waals surface area contributed by atoms with Crippen LogP contribution < -0.4 is 0 Å². The van der Waals surface area contributed by atoms with Gasteiger partial charge in [0.2, 0.25) is 0 Å². The number of nitrogens with zero attached hydrogens (tertiary/aromatic N) is 1. The summed E-state index contributed by atoms with van der Waals surface area (Å²) in [6, 6.07) is 6.69. The van der Waals surface area contributed by atoms with Gasteiger partial charge in [-0.15, -0.1) is 0 Å². The molecular formula is C11H9ClNO. The largest absolute Gasteiger partial charge is 0.465 e. The van der Waals surface area contributed by atoms with Crippen molar-refractivity contribution in [2.75, 3.05) is 0 Å². The lowest BCUT2D eigenvalue weighted by atomic mass is 10.1. The predicted molar refractivity (Wildman–Crippen MR) is 55.3 cm³/mol. The maximum absolute atomic E-state index is 6.02. The highest BCUT2D eigenvalue weighted by Crippen LogP contribution is 2.29. The molecule has 2 heterocycles. The van der Waals surface area contributed by atoms with Crippen LogP contribution in [0, 0.1) is 19.9 Å². The standard InChI is InChI=1S/C11H9ClNO/c1-7-6-9(8(2)14-7)11-10(12)4-3-5-13-11/h3-5H,1-2H3. The summed E-state index contributed by atoms with van der Waals surface area (Å²) >= 11 is 6.02. The van der Waals surface area contributed by atoms with Crippen LogP contribution in [0.4, 0.5) is 0 Å². The van der Waals surface area contributed by atoms with Crippen molar-refractivity contribution in [1.29, 1.82) is 0 Å². The van der Waals surface area contributed by atoms with E-state index < -0.39 is 0 Å². The summed E-state index contributed by atoms with van der Waals surface area (Å²) < 4.78 is 5.37. The van der Waals surface area contributed by atoms with Gasteiger partial charge in [0.1, 0.15) is 11.5 Å². The predicted octanol–water partition coefficient (Wildman–Crippen LogP) is 3.41. The van der Waals surface area contributed by atoms with Gasteiger partial charge in [-0.2, -0.15) is 0 Å². The molecule has 0 aromatic carbocycles. The Kier molecular flexibility index (Phi) is 2.30. The van der Waals surface area contributed by atoms with Crippen molar-refractivity contribution in [3.8, 4) is 11.3 Å². The molecule has 0 fully saturated rings. The fraction of sp³-hybridized carbons (Fsp3) is 0.182. The van der Waals surface area contributed by atoms with Crippen molar-refractivity contribution < 1.29 is 4.42 Å². The van der Waals surface area contributed by atoms with E-state index >= 15 is 0 Å². The van der Waals surface area contributed by atoms with E-state index in [4.69, 9.17) is 16.0 Å². The lowest BCUT2D eigenvalue weighted by Crippen LogP contribution is -1.83. The summed E-state index contributed by atoms with van der Waals surface area (Å²) in [5.41, 5.74) is 1.57. The Balaban J connectivity index is 2.60. The molecule has 0 aliphatic heterocycles. The molecule has 2 rings (SSSR count). The van der Waals surface area contributed by atoms with Crippen molar-refractivity contribution >= 4 is 11.6 Å². The number of hydrogen-bond acceptors (Lipinski definition) is 2. The zero-order valence-electron chi connectivity index (χ0n) is 7.97. The Bertz CT molecular complexity index is 462. The number of pyridine rings is 1. The SMILES string of the molecule is Cc1[c]c(-c2ncccc2Cl)c(C)o1. The van der Waals surface area contributed by atoms with Crippen LogP contribution in [0.15, 0.2) is 22.7 Å². The minimum atomic E-state index is 0.618. The lowest BCUT2D eigenvalue weighted by Gasteiger charge is -1.99. The normalized spacial score (nSPS) is 10.5. The molecule has 2 nitrogen and oxygen atoms in total. The van der Waals surface area contributed by atoms with E-state index in [2.05, 4.69) is 11.1 Å². The smallest absolute Gasteiger partial charge is 0.111 e. The summed E-state index contributed by atoms with van der Waals surface area (Å²) in [6.07, 6.45) is 1.71. The van der Waals surface area contributed by atoms with Crippen LogP contribution in [0.3, 0.4) is 0 Å². The average molecular weight is 207 g/mol. The van der Waals surface area contributed by atoms with Crippen LogP contribution >= 0.6 is 11.6 Å². The Morgan fingerprint density at radius 1 is 1.43 bits per heavy atom. The molecule has 2 aromatic heterocycles. The molecular weight excluding hydrogens is 198 g/mol. The average Bonchev–Trinajstić information content (AvgIpc) is 2.46. The molecule has 3 heteroatoms. The van der Waals surface area contributed by atoms with Crippen molar-refractivity contribution in [2.45, 2.75) is 13.8 Å². The third-order valence-electron chi connectivity index (χ3n) is 1.95. The fourth-order valence-corrected chi connectivity index (χ4v) is 1.58. The summed E-state index contributed by atoms with van der Waals surface area (Å²) in [5.74, 6) is 1.54. The van der Waals surface area contributed by atoms with Gasteiger partial charge in [0.15, 0.2) is 0 Å². The Morgan fingerprint density at radius 3 is 2.79 bits per heavy atom. The monoisotopic (exact) mass is 206 g/mol. The van der Waals surface area contributed by atoms with Crippen molar-refractivity contribution in [3.05, 3.63) is 40.9 Å². The van der Waals surface area contributed by atoms with E-state index in [0.29, 0.717) is 5.02 Å². The first-order valence-corrected chi connectivity index (χ1v) is 4.66. The molecule has 0 unspecified atom stereocenters. The summed E-state index contributed by atoms with van der Waals surface area (Å²) in [7, 11) is 0. The lowest BCUT2D eigenvalue weighted by molar-refractivity contribution is 0.505. The molecule has 2 aromatic rings. The zero-order chi connectivity index (χ0) is 10.1. The van der Waals surface area contributed by atoms with Crippen LogP contribution in [0.1, 0.15) is 11.5 Å². The molecule has 0 aliphatic rings. The minimum Gasteiger partial charge on any atom is -0.465 e. The van der Waals surface area contributed by atoms with E-state index in [9.17, 15) is 0 Å². The van der Waals surface area contributed by atoms with Crippen molar-refractivity contribution in [2.24, 2.45) is 0 Å². The topological polar surface area (TPSA) is 26.0 Å². The van der Waals surface area contributed by atoms with E-state index in [0.717, 1.165) is 22.8 Å². The molecule has 0 atom stereocenters. The first kappa shape index (κ1) is 9.28. The first-order valence-electron chi connectivity index (χ1n) is 4.28. The van der Waals surface area contributed by atoms with Gasteiger partial charge < -0.3 is 4.42 Å². The summed E-state index contributed by atoms with van der Waals surface area (Å²) in [6.45, 7) is 3.73. The highest BCUT2D eigenvalue weighted by molar-refractivity contribution is 6.33. The number of aryl methyl sites for hydroxylation is 2. The highest BCUT2D eigenvalue weighted by atomic mass is 35.5. The summed E-state index contributed by atoms with van der Waals surface area (Å²) in [5, 5.41) is 0.618. The molecule has 0 spiro atoms. The second kappa shape index (κ2) is 3.46. The molecule has 14 heavy (non-hydrogen) atoms. The van der Waals surface area contributed by atoms with Crippen molar-refractivity contribution in [1.82, 2.24) is 4.98 Å². The molecule has 0 saturated carbocycles. The molecule has 0 saturated heterocycles. The van der Waals surface area contributed by atoms with E-state index in [-0.39, 0.29) is 0 Å².